The molecule has 0 radical (unpaired) electrons. The Balaban J connectivity index is 2.06. The first-order valence-electron chi connectivity index (χ1n) is 5.67. The number of halogens is 1. The molecule has 0 unspecified atom stereocenters. The monoisotopic (exact) mass is 278 g/mol. The van der Waals surface area contributed by atoms with Crippen LogP contribution >= 0.6 is 0 Å². The molecule has 20 heavy (non-hydrogen) atoms. The number of carboxylic acid groups (broad SMARTS) is 1. The molecule has 2 rings (SSSR count). The minimum Gasteiger partial charge on any atom is -0.484 e. The van der Waals surface area contributed by atoms with E-state index in [9.17, 15) is 9.18 Å². The van der Waals surface area contributed by atoms with Gasteiger partial charge < -0.3 is 9.84 Å². The number of aliphatic carboxylic acids is 1. The highest BCUT2D eigenvalue weighted by molar-refractivity contribution is 5.85. The summed E-state index contributed by atoms with van der Waals surface area (Å²) in [5.41, 5.74) is 1.49. The van der Waals surface area contributed by atoms with Gasteiger partial charge in [0.05, 0.1) is 0 Å². The number of rotatable bonds is 5. The van der Waals surface area contributed by atoms with Gasteiger partial charge in [-0.3, -0.25) is 0 Å². The normalized spacial score (nSPS) is 10.9. The fraction of sp³-hybridized carbons (Fsp3) is 0.154. The third-order valence-electron chi connectivity index (χ3n) is 2.49. The number of nitrogens with zero attached hydrogens (tertiary/aromatic N) is 2. The van der Waals surface area contributed by atoms with Crippen LogP contribution in [-0.2, 0) is 11.4 Å². The second-order valence-corrected chi connectivity index (χ2v) is 3.95. The van der Waals surface area contributed by atoms with E-state index in [4.69, 9.17) is 9.84 Å². The van der Waals surface area contributed by atoms with Crippen molar-refractivity contribution in [3.05, 3.63) is 47.0 Å². The first kappa shape index (κ1) is 13.7. The van der Waals surface area contributed by atoms with E-state index in [0.29, 0.717) is 17.0 Å². The van der Waals surface area contributed by atoms with Gasteiger partial charge in [-0.05, 0) is 30.7 Å². The predicted molar refractivity (Wildman–Crippen MR) is 66.4 cm³/mol. The lowest BCUT2D eigenvalue weighted by molar-refractivity contribution is -0.131. The number of aromatic nitrogens is 2. The van der Waals surface area contributed by atoms with Gasteiger partial charge in [0.1, 0.15) is 18.0 Å². The van der Waals surface area contributed by atoms with Gasteiger partial charge in [-0.1, -0.05) is 16.4 Å². The second kappa shape index (κ2) is 5.96. The van der Waals surface area contributed by atoms with E-state index < -0.39 is 11.8 Å². The lowest BCUT2D eigenvalue weighted by atomic mass is 10.2. The molecule has 6 nitrogen and oxygen atoms in total. The van der Waals surface area contributed by atoms with Crippen LogP contribution in [0, 0.1) is 12.7 Å². The van der Waals surface area contributed by atoms with Crippen molar-refractivity contribution in [3.63, 3.8) is 0 Å². The number of aryl methyl sites for hydroxylation is 1. The first-order chi connectivity index (χ1) is 9.56. The highest BCUT2D eigenvalue weighted by Gasteiger charge is 2.09. The fourth-order valence-corrected chi connectivity index (χ4v) is 1.43. The predicted octanol–water partition coefficient (Wildman–Crippen LogP) is 2.19. The Bertz CT molecular complexity index is 652. The SMILES string of the molecule is Cc1nonc1COc1ccc(/C=C/C(=O)O)cc1F. The lowest BCUT2D eigenvalue weighted by Crippen LogP contribution is -1.99. The number of carboxylic acids is 1. The van der Waals surface area contributed by atoms with Crippen molar-refractivity contribution in [2.75, 3.05) is 0 Å². The topological polar surface area (TPSA) is 85.5 Å². The van der Waals surface area contributed by atoms with Crippen LogP contribution in [0.2, 0.25) is 0 Å². The van der Waals surface area contributed by atoms with Crippen LogP contribution in [-0.4, -0.2) is 21.4 Å². The number of hydrogen-bond donors (Lipinski definition) is 1. The third-order valence-corrected chi connectivity index (χ3v) is 2.49. The third kappa shape index (κ3) is 3.41. The van der Waals surface area contributed by atoms with Gasteiger partial charge in [0.2, 0.25) is 0 Å². The largest absolute Gasteiger partial charge is 0.484 e. The molecule has 0 spiro atoms. The van der Waals surface area contributed by atoms with Gasteiger partial charge in [0, 0.05) is 6.08 Å². The zero-order chi connectivity index (χ0) is 14.5. The summed E-state index contributed by atoms with van der Waals surface area (Å²) in [6.45, 7) is 1.74. The average Bonchev–Trinajstić information content (AvgIpc) is 2.81. The van der Waals surface area contributed by atoms with Crippen LogP contribution in [0.1, 0.15) is 17.0 Å². The molecule has 0 fully saturated rings. The molecular weight excluding hydrogens is 267 g/mol. The van der Waals surface area contributed by atoms with Crippen LogP contribution in [0.3, 0.4) is 0 Å². The summed E-state index contributed by atoms with van der Waals surface area (Å²) in [5, 5.41) is 15.7. The summed E-state index contributed by atoms with van der Waals surface area (Å²) in [6, 6.07) is 4.15. The van der Waals surface area contributed by atoms with E-state index in [-0.39, 0.29) is 12.4 Å². The van der Waals surface area contributed by atoms with Gasteiger partial charge in [-0.2, -0.15) is 0 Å². The first-order valence-corrected chi connectivity index (χ1v) is 5.67. The van der Waals surface area contributed by atoms with Crippen LogP contribution in [0.15, 0.2) is 28.9 Å². The van der Waals surface area contributed by atoms with Crippen molar-refractivity contribution < 1.29 is 23.7 Å². The molecule has 1 aromatic carbocycles. The van der Waals surface area contributed by atoms with Gasteiger partial charge >= 0.3 is 5.97 Å². The number of ether oxygens (including phenoxy) is 1. The molecule has 0 atom stereocenters. The van der Waals surface area contributed by atoms with Gasteiger partial charge in [-0.15, -0.1) is 0 Å². The van der Waals surface area contributed by atoms with Crippen molar-refractivity contribution in [2.45, 2.75) is 13.5 Å². The van der Waals surface area contributed by atoms with Crippen LogP contribution in [0.4, 0.5) is 4.39 Å². The lowest BCUT2D eigenvalue weighted by Gasteiger charge is -2.06. The summed E-state index contributed by atoms with van der Waals surface area (Å²) < 4.78 is 23.5. The summed E-state index contributed by atoms with van der Waals surface area (Å²) in [6.07, 6.45) is 2.22. The highest BCUT2D eigenvalue weighted by atomic mass is 19.1. The summed E-state index contributed by atoms with van der Waals surface area (Å²) in [7, 11) is 0. The molecule has 1 N–H and O–H groups in total. The minimum atomic E-state index is -1.10. The van der Waals surface area contributed by atoms with Crippen molar-refractivity contribution >= 4 is 12.0 Å². The average molecular weight is 278 g/mol. The second-order valence-electron chi connectivity index (χ2n) is 3.95. The molecular formula is C13H11FN2O4. The van der Waals surface area contributed by atoms with Crippen molar-refractivity contribution in [1.29, 1.82) is 0 Å². The molecule has 0 aliphatic rings. The number of benzene rings is 1. The maximum Gasteiger partial charge on any atom is 0.328 e. The van der Waals surface area contributed by atoms with E-state index >= 15 is 0 Å². The van der Waals surface area contributed by atoms with E-state index in [2.05, 4.69) is 14.9 Å². The summed E-state index contributed by atoms with van der Waals surface area (Å²) in [4.78, 5) is 10.4. The smallest absolute Gasteiger partial charge is 0.328 e. The Kier molecular flexibility index (Phi) is 4.09. The van der Waals surface area contributed by atoms with Crippen molar-refractivity contribution in [1.82, 2.24) is 10.3 Å². The molecule has 1 aromatic heterocycles. The molecule has 7 heteroatoms. The zero-order valence-electron chi connectivity index (χ0n) is 10.5. The van der Waals surface area contributed by atoms with Crippen molar-refractivity contribution in [2.24, 2.45) is 0 Å². The molecule has 104 valence electrons. The minimum absolute atomic E-state index is 0.0383. The van der Waals surface area contributed by atoms with E-state index in [0.717, 1.165) is 6.08 Å². The maximum atomic E-state index is 13.7. The Morgan fingerprint density at radius 1 is 1.50 bits per heavy atom. The maximum absolute atomic E-state index is 13.7. The van der Waals surface area contributed by atoms with E-state index in [1.54, 1.807) is 13.0 Å². The van der Waals surface area contributed by atoms with Crippen molar-refractivity contribution in [3.8, 4) is 5.75 Å². The molecule has 0 aliphatic carbocycles. The number of carbonyl (C=O) groups is 1. The van der Waals surface area contributed by atoms with Crippen LogP contribution in [0.5, 0.6) is 5.75 Å². The van der Waals surface area contributed by atoms with Gasteiger partial charge in [-0.25, -0.2) is 13.8 Å². The molecule has 2 aromatic rings. The van der Waals surface area contributed by atoms with E-state index in [1.807, 2.05) is 0 Å². The molecule has 1 heterocycles. The highest BCUT2D eigenvalue weighted by Crippen LogP contribution is 2.20. The number of hydrogen-bond acceptors (Lipinski definition) is 5. The fourth-order valence-electron chi connectivity index (χ4n) is 1.43. The zero-order valence-corrected chi connectivity index (χ0v) is 10.5. The van der Waals surface area contributed by atoms with Gasteiger partial charge in [0.25, 0.3) is 0 Å². The van der Waals surface area contributed by atoms with E-state index in [1.165, 1.54) is 18.2 Å². The quantitative estimate of drug-likeness (QED) is 0.844. The molecule has 0 saturated heterocycles. The summed E-state index contributed by atoms with van der Waals surface area (Å²) in [5.74, 6) is -1.65. The van der Waals surface area contributed by atoms with Crippen LogP contribution < -0.4 is 4.74 Å². The molecule has 0 amide bonds. The Morgan fingerprint density at radius 2 is 2.30 bits per heavy atom. The molecule has 0 bridgehead atoms. The molecule has 0 saturated carbocycles. The van der Waals surface area contributed by atoms with Gasteiger partial charge in [0.15, 0.2) is 11.6 Å². The van der Waals surface area contributed by atoms with Crippen LogP contribution in [0.25, 0.3) is 6.08 Å². The Morgan fingerprint density at radius 3 is 2.90 bits per heavy atom. The molecule has 0 aliphatic heterocycles. The Labute approximate surface area is 113 Å². The summed E-state index contributed by atoms with van der Waals surface area (Å²) >= 11 is 0. The Hall–Kier alpha value is -2.70. The standard InChI is InChI=1S/C13H11FN2O4/c1-8-11(16-20-15-8)7-19-12-4-2-9(6-10(12)14)3-5-13(17)18/h2-6H,7H2,1H3,(H,17,18)/b5-3+.